The van der Waals surface area contributed by atoms with Gasteiger partial charge in [0.15, 0.2) is 0 Å². The molecule has 6 heteroatoms. The molecule has 1 aromatic rings. The topological polar surface area (TPSA) is 63.7 Å². The second-order valence-corrected chi connectivity index (χ2v) is 4.71. The fraction of sp³-hybridized carbons (Fsp3) is 0.571. The van der Waals surface area contributed by atoms with Gasteiger partial charge in [-0.2, -0.15) is 0 Å². The molecule has 2 rings (SSSR count). The van der Waals surface area contributed by atoms with Crippen LogP contribution in [0.25, 0.3) is 0 Å². The molecule has 1 saturated heterocycles. The summed E-state index contributed by atoms with van der Waals surface area (Å²) in [6, 6.07) is 1.74. The van der Waals surface area contributed by atoms with Crippen LogP contribution in [0.3, 0.4) is 0 Å². The Morgan fingerprint density at radius 3 is 2.60 bits per heavy atom. The summed E-state index contributed by atoms with van der Waals surface area (Å²) in [4.78, 5) is 18.4. The van der Waals surface area contributed by atoms with E-state index in [-0.39, 0.29) is 18.1 Å². The molecule has 0 aromatic carbocycles. The van der Waals surface area contributed by atoms with Crippen LogP contribution < -0.4 is 5.32 Å². The first kappa shape index (κ1) is 14.7. The van der Waals surface area contributed by atoms with Crippen molar-refractivity contribution in [3.8, 4) is 0 Å². The summed E-state index contributed by atoms with van der Waals surface area (Å²) in [5.41, 5.74) is 1.39. The fourth-order valence-corrected chi connectivity index (χ4v) is 2.45. The molecule has 110 valence electrons. The molecule has 1 amide bonds. The first-order valence-corrected chi connectivity index (χ1v) is 6.74. The quantitative estimate of drug-likeness (QED) is 0.871. The van der Waals surface area contributed by atoms with Gasteiger partial charge in [0.05, 0.1) is 17.4 Å². The van der Waals surface area contributed by atoms with Gasteiger partial charge in [-0.3, -0.25) is 9.78 Å². The van der Waals surface area contributed by atoms with Gasteiger partial charge in [0, 0.05) is 40.1 Å². The number of nitrogens with zero attached hydrogens (tertiary/aromatic N) is 2. The molecule has 0 aliphatic carbocycles. The molecule has 1 aromatic heterocycles. The van der Waals surface area contributed by atoms with Crippen LogP contribution >= 0.6 is 0 Å². The van der Waals surface area contributed by atoms with Crippen LogP contribution in [0.2, 0.25) is 0 Å². The van der Waals surface area contributed by atoms with Crippen molar-refractivity contribution in [2.75, 3.05) is 39.2 Å². The van der Waals surface area contributed by atoms with E-state index >= 15 is 0 Å². The van der Waals surface area contributed by atoms with Gasteiger partial charge < -0.3 is 19.7 Å². The monoisotopic (exact) mass is 279 g/mol. The zero-order chi connectivity index (χ0) is 14.5. The number of aromatic nitrogens is 1. The first-order chi connectivity index (χ1) is 9.71. The Bertz CT molecular complexity index is 455. The summed E-state index contributed by atoms with van der Waals surface area (Å²) in [5, 5.41) is 3.16. The standard InChI is InChI=1S/C14H21N3O3/c1-4-16-11-7-15-6-5-10(11)14(18)17-8-12(19-2)13(9-17)20-3/h5-7,12-13,16H,4,8-9H2,1-3H3. The molecule has 0 radical (unpaired) electrons. The largest absolute Gasteiger partial charge is 0.383 e. The molecule has 1 aliphatic heterocycles. The van der Waals surface area contributed by atoms with Gasteiger partial charge in [0.1, 0.15) is 12.2 Å². The van der Waals surface area contributed by atoms with E-state index < -0.39 is 0 Å². The van der Waals surface area contributed by atoms with Gasteiger partial charge in [0.25, 0.3) is 5.91 Å². The summed E-state index contributed by atoms with van der Waals surface area (Å²) in [5.74, 6) is -0.0232. The summed E-state index contributed by atoms with van der Waals surface area (Å²) in [6.07, 6.45) is 3.15. The summed E-state index contributed by atoms with van der Waals surface area (Å²) >= 11 is 0. The highest BCUT2D eigenvalue weighted by atomic mass is 16.5. The molecule has 1 aliphatic rings. The molecule has 2 unspecified atom stereocenters. The molecular formula is C14H21N3O3. The Kier molecular flexibility index (Phi) is 4.92. The SMILES string of the molecule is CCNc1cnccc1C(=O)N1CC(OC)C(OC)C1. The lowest BCUT2D eigenvalue weighted by molar-refractivity contribution is -0.00461. The number of nitrogens with one attached hydrogen (secondary N) is 1. The van der Waals surface area contributed by atoms with Crippen molar-refractivity contribution >= 4 is 11.6 Å². The smallest absolute Gasteiger partial charge is 0.256 e. The van der Waals surface area contributed by atoms with Crippen molar-refractivity contribution in [3.63, 3.8) is 0 Å². The number of carbonyl (C=O) groups excluding carboxylic acids is 1. The van der Waals surface area contributed by atoms with Crippen LogP contribution in [0, 0.1) is 0 Å². The van der Waals surface area contributed by atoms with E-state index in [4.69, 9.17) is 9.47 Å². The number of pyridine rings is 1. The molecule has 0 saturated carbocycles. The number of methoxy groups -OCH3 is 2. The van der Waals surface area contributed by atoms with E-state index in [1.54, 1.807) is 37.6 Å². The van der Waals surface area contributed by atoms with Crippen LogP contribution in [-0.2, 0) is 9.47 Å². The third kappa shape index (κ3) is 2.91. The zero-order valence-electron chi connectivity index (χ0n) is 12.1. The van der Waals surface area contributed by atoms with Crippen LogP contribution in [0.4, 0.5) is 5.69 Å². The van der Waals surface area contributed by atoms with Crippen LogP contribution in [-0.4, -0.2) is 61.9 Å². The minimum absolute atomic E-state index is 0.0232. The Hall–Kier alpha value is -1.66. The minimum atomic E-state index is -0.0756. The Balaban J connectivity index is 2.16. The number of hydrogen-bond acceptors (Lipinski definition) is 5. The highest BCUT2D eigenvalue weighted by Crippen LogP contribution is 2.21. The van der Waals surface area contributed by atoms with Crippen molar-refractivity contribution in [2.45, 2.75) is 19.1 Å². The van der Waals surface area contributed by atoms with Gasteiger partial charge >= 0.3 is 0 Å². The van der Waals surface area contributed by atoms with Crippen molar-refractivity contribution < 1.29 is 14.3 Å². The van der Waals surface area contributed by atoms with E-state index in [0.717, 1.165) is 12.2 Å². The predicted octanol–water partition coefficient (Wildman–Crippen LogP) is 0.999. The van der Waals surface area contributed by atoms with E-state index in [0.29, 0.717) is 18.7 Å². The van der Waals surface area contributed by atoms with Crippen LogP contribution in [0.1, 0.15) is 17.3 Å². The zero-order valence-corrected chi connectivity index (χ0v) is 12.1. The predicted molar refractivity (Wildman–Crippen MR) is 75.9 cm³/mol. The summed E-state index contributed by atoms with van der Waals surface area (Å²) < 4.78 is 10.7. The van der Waals surface area contributed by atoms with Gasteiger partial charge in [-0.05, 0) is 13.0 Å². The van der Waals surface area contributed by atoms with Crippen molar-refractivity contribution in [1.29, 1.82) is 0 Å². The lowest BCUT2D eigenvalue weighted by Crippen LogP contribution is -2.30. The molecule has 0 bridgehead atoms. The average molecular weight is 279 g/mol. The summed E-state index contributed by atoms with van der Waals surface area (Å²) in [6.45, 7) is 3.82. The molecule has 2 heterocycles. The number of anilines is 1. The lowest BCUT2D eigenvalue weighted by atomic mass is 10.2. The maximum atomic E-state index is 12.6. The van der Waals surface area contributed by atoms with Gasteiger partial charge in [0.2, 0.25) is 0 Å². The number of hydrogen-bond donors (Lipinski definition) is 1. The Morgan fingerprint density at radius 2 is 2.05 bits per heavy atom. The number of carbonyl (C=O) groups is 1. The van der Waals surface area contributed by atoms with E-state index in [9.17, 15) is 4.79 Å². The van der Waals surface area contributed by atoms with Gasteiger partial charge in [-0.15, -0.1) is 0 Å². The maximum absolute atomic E-state index is 12.6. The fourth-order valence-electron chi connectivity index (χ4n) is 2.45. The van der Waals surface area contributed by atoms with Crippen molar-refractivity contribution in [2.24, 2.45) is 0 Å². The summed E-state index contributed by atoms with van der Waals surface area (Å²) in [7, 11) is 3.28. The van der Waals surface area contributed by atoms with Crippen molar-refractivity contribution in [3.05, 3.63) is 24.0 Å². The molecule has 1 fully saturated rings. The normalized spacial score (nSPS) is 22.1. The lowest BCUT2D eigenvalue weighted by Gasteiger charge is -2.18. The molecule has 2 atom stereocenters. The third-order valence-electron chi connectivity index (χ3n) is 3.53. The Labute approximate surface area is 119 Å². The first-order valence-electron chi connectivity index (χ1n) is 6.74. The van der Waals surface area contributed by atoms with E-state index in [1.807, 2.05) is 6.92 Å². The number of amides is 1. The molecule has 20 heavy (non-hydrogen) atoms. The maximum Gasteiger partial charge on any atom is 0.256 e. The number of likely N-dealkylation sites (tertiary alicyclic amines) is 1. The van der Waals surface area contributed by atoms with Gasteiger partial charge in [-0.25, -0.2) is 0 Å². The Morgan fingerprint density at radius 1 is 1.40 bits per heavy atom. The number of rotatable bonds is 5. The minimum Gasteiger partial charge on any atom is -0.383 e. The van der Waals surface area contributed by atoms with Crippen molar-refractivity contribution in [1.82, 2.24) is 9.88 Å². The van der Waals surface area contributed by atoms with E-state index in [1.165, 1.54) is 0 Å². The molecule has 1 N–H and O–H groups in total. The number of ether oxygens (including phenoxy) is 2. The average Bonchev–Trinajstić information content (AvgIpc) is 2.91. The second kappa shape index (κ2) is 6.67. The highest BCUT2D eigenvalue weighted by molar-refractivity contribution is 5.99. The van der Waals surface area contributed by atoms with Crippen LogP contribution in [0.5, 0.6) is 0 Å². The third-order valence-corrected chi connectivity index (χ3v) is 3.53. The molecule has 6 nitrogen and oxygen atoms in total. The molecule has 0 spiro atoms. The van der Waals surface area contributed by atoms with E-state index in [2.05, 4.69) is 10.3 Å². The highest BCUT2D eigenvalue weighted by Gasteiger charge is 2.36. The van der Waals surface area contributed by atoms with Gasteiger partial charge in [-0.1, -0.05) is 0 Å². The van der Waals surface area contributed by atoms with Crippen LogP contribution in [0.15, 0.2) is 18.5 Å². The molecular weight excluding hydrogens is 258 g/mol. The second-order valence-electron chi connectivity index (χ2n) is 4.71.